The van der Waals surface area contributed by atoms with Crippen LogP contribution < -0.4 is 39.9 Å². The lowest BCUT2D eigenvalue weighted by molar-refractivity contribution is 0.0188. The van der Waals surface area contributed by atoms with Crippen molar-refractivity contribution >= 4 is 30.2 Å². The number of methoxy groups -OCH3 is 2. The maximum atomic E-state index is 13.0. The summed E-state index contributed by atoms with van der Waals surface area (Å²) in [6.45, 7) is 15.0. The molecule has 4 aromatic carbocycles. The first-order valence-corrected chi connectivity index (χ1v) is 30.2. The Morgan fingerprint density at radius 2 is 1.01 bits per heavy atom. The molecular formula is C69H81N9O10. The van der Waals surface area contributed by atoms with Gasteiger partial charge < -0.3 is 59.2 Å². The Morgan fingerprint density at radius 1 is 0.602 bits per heavy atom. The summed E-state index contributed by atoms with van der Waals surface area (Å²) >= 11 is 0. The molecule has 2 saturated heterocycles. The quantitative estimate of drug-likeness (QED) is 0.0565. The van der Waals surface area contributed by atoms with Crippen molar-refractivity contribution in [1.29, 1.82) is 10.5 Å². The summed E-state index contributed by atoms with van der Waals surface area (Å²) in [6.07, 6.45) is 8.15. The van der Waals surface area contributed by atoms with Crippen LogP contribution in [0.5, 0.6) is 34.5 Å². The first-order chi connectivity index (χ1) is 42.3. The number of piperidine rings is 2. The molecule has 2 aromatic heterocycles. The van der Waals surface area contributed by atoms with Crippen LogP contribution >= 0.6 is 0 Å². The van der Waals surface area contributed by atoms with Crippen molar-refractivity contribution in [3.63, 3.8) is 0 Å². The van der Waals surface area contributed by atoms with Crippen LogP contribution in [0.3, 0.4) is 0 Å². The van der Waals surface area contributed by atoms with E-state index in [9.17, 15) is 20.1 Å². The fraction of sp³-hybridized carbons (Fsp3) is 0.435. The molecule has 2 atom stereocenters. The van der Waals surface area contributed by atoms with Crippen molar-refractivity contribution in [3.05, 3.63) is 130 Å². The van der Waals surface area contributed by atoms with Gasteiger partial charge >= 0.3 is 12.2 Å². The van der Waals surface area contributed by atoms with Crippen LogP contribution in [0.2, 0.25) is 0 Å². The van der Waals surface area contributed by atoms with Gasteiger partial charge in [-0.25, -0.2) is 24.5 Å². The number of aromatic nitrogens is 2. The van der Waals surface area contributed by atoms with Crippen LogP contribution in [-0.2, 0) is 22.7 Å². The number of hydrogen-bond donors (Lipinski definition) is 2. The van der Waals surface area contributed by atoms with Crippen LogP contribution in [0, 0.1) is 34.5 Å². The second-order valence-electron chi connectivity index (χ2n) is 24.7. The zero-order valence-electron chi connectivity index (χ0n) is 51.8. The van der Waals surface area contributed by atoms with Gasteiger partial charge in [0.1, 0.15) is 82.4 Å². The summed E-state index contributed by atoms with van der Waals surface area (Å²) in [7, 11) is 3.27. The van der Waals surface area contributed by atoms with Crippen molar-refractivity contribution in [2.75, 3.05) is 59.3 Å². The highest BCUT2D eigenvalue weighted by Gasteiger charge is 2.34. The predicted molar refractivity (Wildman–Crippen MR) is 336 cm³/mol. The van der Waals surface area contributed by atoms with E-state index in [2.05, 4.69) is 22.1 Å². The molecule has 0 radical (unpaired) electrons. The van der Waals surface area contributed by atoms with Gasteiger partial charge in [0, 0.05) is 38.0 Å². The van der Waals surface area contributed by atoms with E-state index in [4.69, 9.17) is 54.3 Å². The average Bonchev–Trinajstić information content (AvgIpc) is 1.59. The molecule has 2 aliphatic carbocycles. The highest BCUT2D eigenvalue weighted by Crippen LogP contribution is 2.45. The lowest BCUT2D eigenvalue weighted by atomic mass is 9.87. The number of benzene rings is 4. The molecule has 2 amide bonds. The number of carbonyl (C=O) groups excluding carboxylic acids is 2. The summed E-state index contributed by atoms with van der Waals surface area (Å²) in [4.78, 5) is 43.1. The Kier molecular flexibility index (Phi) is 20.5. The van der Waals surface area contributed by atoms with Crippen molar-refractivity contribution in [1.82, 2.24) is 19.8 Å². The lowest BCUT2D eigenvalue weighted by Crippen LogP contribution is -2.42. The van der Waals surface area contributed by atoms with Crippen LogP contribution in [0.1, 0.15) is 138 Å². The summed E-state index contributed by atoms with van der Waals surface area (Å²) in [5.74, 6) is 5.21. The molecular weight excluding hydrogens is 1110 g/mol. The Morgan fingerprint density at radius 3 is 1.40 bits per heavy atom. The largest absolute Gasteiger partial charge is 0.497 e. The molecule has 10 rings (SSSR count). The molecule has 19 heteroatoms. The first-order valence-electron chi connectivity index (χ1n) is 30.2. The van der Waals surface area contributed by atoms with Gasteiger partial charge in [0.15, 0.2) is 5.82 Å². The number of rotatable bonds is 19. The van der Waals surface area contributed by atoms with Crippen LogP contribution in [0.15, 0.2) is 102 Å². The molecule has 4 aliphatic rings. The smallest absolute Gasteiger partial charge is 0.410 e. The third kappa shape index (κ3) is 16.8. The minimum absolute atomic E-state index is 0.108. The molecule has 88 heavy (non-hydrogen) atoms. The number of likely N-dealkylation sites (tertiary alicyclic amines) is 2. The minimum atomic E-state index is -0.610. The van der Waals surface area contributed by atoms with Gasteiger partial charge in [0.25, 0.3) is 0 Å². The number of amides is 2. The molecule has 2 aliphatic heterocycles. The van der Waals surface area contributed by atoms with Crippen LogP contribution in [0.4, 0.5) is 21.2 Å². The number of anilines is 1. The van der Waals surface area contributed by atoms with E-state index >= 15 is 0 Å². The molecule has 19 nitrogen and oxygen atoms in total. The Bertz CT molecular complexity index is 3520. The third-order valence-electron chi connectivity index (χ3n) is 15.5. The van der Waals surface area contributed by atoms with Crippen LogP contribution in [-0.4, -0.2) is 103 Å². The first kappa shape index (κ1) is 63.3. The second kappa shape index (κ2) is 28.5. The van der Waals surface area contributed by atoms with E-state index in [1.54, 1.807) is 24.0 Å². The van der Waals surface area contributed by atoms with Gasteiger partial charge in [-0.3, -0.25) is 0 Å². The third-order valence-corrected chi connectivity index (χ3v) is 15.5. The summed E-state index contributed by atoms with van der Waals surface area (Å²) < 4.78 is 47.3. The standard InChI is InChI=1S/C35H41N5O5.C34H40N4O5/c1-35(2,3)45-34(41)40-16-6-7-25(19-40)27-17-29(39-33(38-22-37)28(27)18-36)32-30(43-20-23-10-11-23)8-5-9-31(32)44-21-24-12-14-26(42-4)15-13-24;1-34(2,3)43-33(39)38-16-6-7-24(19-38)26-17-28(37-32(36)27(26)18-35)31-29(41-20-22-10-11-22)8-5-9-30(31)42-21-23-12-14-25(40-4)15-13-23/h5,8-9,12-15,17,22-23,25H,6-7,10-11,16,19-21H2,1-4H3,(H2,37,38,39);5,8-9,12-15,17,22,24H,6-7,10-11,16,19-21H2,1-4H3,(H2,36,37). The maximum absolute atomic E-state index is 13.0. The molecule has 6 aromatic rings. The fourth-order valence-corrected chi connectivity index (χ4v) is 10.6. The molecule has 4 fully saturated rings. The summed E-state index contributed by atoms with van der Waals surface area (Å²) in [6, 6.07) is 35.2. The monoisotopic (exact) mass is 1200 g/mol. The van der Waals surface area contributed by atoms with E-state index in [0.717, 1.165) is 91.5 Å². The van der Waals surface area contributed by atoms with E-state index < -0.39 is 11.2 Å². The number of nitrogens with zero attached hydrogens (tertiary/aromatic N) is 7. The number of hydrogen-bond acceptors (Lipinski definition) is 16. The lowest BCUT2D eigenvalue weighted by Gasteiger charge is -2.34. The number of pyridine rings is 2. The zero-order chi connectivity index (χ0) is 62.5. The summed E-state index contributed by atoms with van der Waals surface area (Å²) in [5.41, 5.74) is 17.6. The molecule has 4 N–H and O–H groups in total. The van der Waals surface area contributed by atoms with E-state index in [1.165, 1.54) is 0 Å². The van der Waals surface area contributed by atoms with Crippen molar-refractivity contribution in [2.24, 2.45) is 22.6 Å². The number of nitrogens with two attached hydrogens (primary N) is 2. The maximum Gasteiger partial charge on any atom is 0.410 e. The molecule has 2 saturated carbocycles. The average molecular weight is 1200 g/mol. The fourth-order valence-electron chi connectivity index (χ4n) is 10.6. The Hall–Kier alpha value is -9.23. The van der Waals surface area contributed by atoms with E-state index in [0.29, 0.717) is 121 Å². The summed E-state index contributed by atoms with van der Waals surface area (Å²) in [5, 5.41) is 20.4. The Labute approximate surface area is 516 Å². The SMILES string of the molecule is COc1ccc(COc2cccc(OCC3CC3)c2-c2cc(C3CCCN(C(=O)OC(C)(C)C)C3)c(C#N)c(N)n2)cc1.COc1ccc(COc2cccc(OCC3CC3)c2-c2cc(C3CCCN(C(=O)OC(C)(C)C)C3)c(C#N)c(N=CN)n2)cc1. The van der Waals surface area contributed by atoms with Crippen LogP contribution in [0.25, 0.3) is 22.5 Å². The molecule has 0 spiro atoms. The molecule has 0 bridgehead atoms. The van der Waals surface area contributed by atoms with Gasteiger partial charge in [-0.15, -0.1) is 0 Å². The number of ether oxygens (including phenoxy) is 8. The van der Waals surface area contributed by atoms with Gasteiger partial charge in [-0.05, 0) is 188 Å². The topological polar surface area (TPSA) is 252 Å². The highest BCUT2D eigenvalue weighted by atomic mass is 16.6. The van der Waals surface area contributed by atoms with Gasteiger partial charge in [-0.1, -0.05) is 36.4 Å². The number of nitriles is 2. The second-order valence-corrected chi connectivity index (χ2v) is 24.7. The van der Waals surface area contributed by atoms with Crippen molar-refractivity contribution in [2.45, 2.75) is 129 Å². The molecule has 2 unspecified atom stereocenters. The normalized spacial score (nSPS) is 16.7. The highest BCUT2D eigenvalue weighted by molar-refractivity contribution is 5.79. The van der Waals surface area contributed by atoms with Crippen molar-refractivity contribution in [3.8, 4) is 69.2 Å². The molecule has 4 heterocycles. The Balaban J connectivity index is 0.000000210. The number of carbonyl (C=O) groups is 2. The van der Waals surface area contributed by atoms with Crippen molar-refractivity contribution < 1.29 is 47.5 Å². The van der Waals surface area contributed by atoms with Gasteiger partial charge in [0.05, 0.1) is 61.9 Å². The van der Waals surface area contributed by atoms with E-state index in [-0.39, 0.29) is 35.7 Å². The molecule has 462 valence electrons. The minimum Gasteiger partial charge on any atom is -0.497 e. The zero-order valence-corrected chi connectivity index (χ0v) is 51.8. The van der Waals surface area contributed by atoms with Gasteiger partial charge in [0.2, 0.25) is 0 Å². The van der Waals surface area contributed by atoms with E-state index in [1.807, 2.05) is 139 Å². The number of nitrogen functional groups attached to an aromatic ring is 1. The predicted octanol–water partition coefficient (Wildman–Crippen LogP) is 13.4. The number of aliphatic imine (C=N–C) groups is 1. The van der Waals surface area contributed by atoms with Gasteiger partial charge in [-0.2, -0.15) is 10.5 Å².